The van der Waals surface area contributed by atoms with Crippen LogP contribution in [0.1, 0.15) is 22.8 Å². The molecule has 0 unspecified atom stereocenters. The summed E-state index contributed by atoms with van der Waals surface area (Å²) in [6.45, 7) is 1.64. The number of hydrogen-bond acceptors (Lipinski definition) is 4. The molecule has 0 aliphatic rings. The Labute approximate surface area is 202 Å². The van der Waals surface area contributed by atoms with Crippen LogP contribution < -0.4 is 15.5 Å². The number of nitrogens with one attached hydrogen (secondary N) is 2. The smallest absolute Gasteiger partial charge is 0.277 e. The first-order valence-electron chi connectivity index (χ1n) is 10.6. The molecule has 170 valence electrons. The molecule has 0 saturated heterocycles. The molecule has 2 N–H and O–H groups in total. The highest BCUT2D eigenvalue weighted by atomic mass is 35.5. The van der Waals surface area contributed by atoms with Crippen LogP contribution in [0.5, 0.6) is 5.75 Å². The van der Waals surface area contributed by atoms with Gasteiger partial charge in [0.2, 0.25) is 0 Å². The number of rotatable bonds is 7. The van der Waals surface area contributed by atoms with E-state index in [9.17, 15) is 9.59 Å². The van der Waals surface area contributed by atoms with Crippen LogP contribution in [0.15, 0.2) is 96.1 Å². The number of anilines is 1. The third-order valence-electron chi connectivity index (χ3n) is 5.11. The molecule has 0 bridgehead atoms. The van der Waals surface area contributed by atoms with Gasteiger partial charge in [-0.05, 0) is 71.8 Å². The molecule has 0 aliphatic heterocycles. The number of hydrogen-bond donors (Lipinski definition) is 2. The Morgan fingerprint density at radius 3 is 2.26 bits per heavy atom. The van der Waals surface area contributed by atoms with E-state index in [2.05, 4.69) is 15.8 Å². The summed E-state index contributed by atoms with van der Waals surface area (Å²) in [7, 11) is 0. The molecule has 4 aromatic carbocycles. The van der Waals surface area contributed by atoms with Gasteiger partial charge in [-0.3, -0.25) is 9.59 Å². The molecule has 0 spiro atoms. The van der Waals surface area contributed by atoms with Gasteiger partial charge >= 0.3 is 0 Å². The molecule has 0 aliphatic carbocycles. The molecular weight excluding hydrogens is 450 g/mol. The second kappa shape index (κ2) is 10.6. The third kappa shape index (κ3) is 5.99. The van der Waals surface area contributed by atoms with Crippen molar-refractivity contribution in [3.8, 4) is 5.75 Å². The summed E-state index contributed by atoms with van der Waals surface area (Å²) in [5.74, 6) is 0.0265. The van der Waals surface area contributed by atoms with Crippen LogP contribution in [0.3, 0.4) is 0 Å². The topological polar surface area (TPSA) is 79.8 Å². The molecule has 0 radical (unpaired) electrons. The SMILES string of the molecule is CC(=NNC(=O)COc1ccc2ccccc2c1)c1ccc(NC(=O)c2ccc(Cl)cc2)cc1. The number of carbonyl (C=O) groups is 2. The van der Waals surface area contributed by atoms with Crippen LogP contribution in [-0.4, -0.2) is 24.1 Å². The zero-order valence-corrected chi connectivity index (χ0v) is 19.2. The van der Waals surface area contributed by atoms with E-state index in [0.29, 0.717) is 27.7 Å². The normalized spacial score (nSPS) is 11.2. The van der Waals surface area contributed by atoms with Gasteiger partial charge in [0.05, 0.1) is 5.71 Å². The van der Waals surface area contributed by atoms with Gasteiger partial charge in [-0.2, -0.15) is 5.10 Å². The Morgan fingerprint density at radius 1 is 0.853 bits per heavy atom. The van der Waals surface area contributed by atoms with E-state index >= 15 is 0 Å². The van der Waals surface area contributed by atoms with Crippen molar-refractivity contribution in [1.29, 1.82) is 0 Å². The highest BCUT2D eigenvalue weighted by Gasteiger charge is 2.07. The maximum atomic E-state index is 12.3. The maximum absolute atomic E-state index is 12.3. The van der Waals surface area contributed by atoms with E-state index in [1.54, 1.807) is 43.3 Å². The predicted molar refractivity (Wildman–Crippen MR) is 136 cm³/mol. The van der Waals surface area contributed by atoms with Gasteiger partial charge in [-0.25, -0.2) is 5.43 Å². The minimum absolute atomic E-state index is 0.148. The van der Waals surface area contributed by atoms with Crippen molar-refractivity contribution in [3.63, 3.8) is 0 Å². The number of ether oxygens (including phenoxy) is 1. The van der Waals surface area contributed by atoms with E-state index in [1.165, 1.54) is 0 Å². The maximum Gasteiger partial charge on any atom is 0.277 e. The fraction of sp³-hybridized carbons (Fsp3) is 0.0741. The standard InChI is InChI=1S/C27H22ClN3O3/c1-18(19-8-13-24(14-9-19)29-27(33)21-6-11-23(28)12-7-21)30-31-26(32)17-34-25-15-10-20-4-2-3-5-22(20)16-25/h2-16H,17H2,1H3,(H,29,33)(H,31,32). The summed E-state index contributed by atoms with van der Waals surface area (Å²) in [5.41, 5.74) is 5.09. The second-order valence-electron chi connectivity index (χ2n) is 7.57. The average molecular weight is 472 g/mol. The number of fused-ring (bicyclic) bond motifs is 1. The van der Waals surface area contributed by atoms with Crippen molar-refractivity contribution < 1.29 is 14.3 Å². The minimum atomic E-state index is -0.362. The van der Waals surface area contributed by atoms with E-state index in [-0.39, 0.29) is 18.4 Å². The molecular formula is C27H22ClN3O3. The first-order valence-corrected chi connectivity index (χ1v) is 11.0. The predicted octanol–water partition coefficient (Wildman–Crippen LogP) is 5.66. The van der Waals surface area contributed by atoms with Crippen molar-refractivity contribution in [2.24, 2.45) is 5.10 Å². The van der Waals surface area contributed by atoms with E-state index < -0.39 is 0 Å². The summed E-state index contributed by atoms with van der Waals surface area (Å²) in [4.78, 5) is 24.5. The molecule has 34 heavy (non-hydrogen) atoms. The minimum Gasteiger partial charge on any atom is -0.484 e. The first-order chi connectivity index (χ1) is 16.5. The number of benzene rings is 4. The van der Waals surface area contributed by atoms with E-state index in [4.69, 9.17) is 16.3 Å². The molecule has 2 amide bonds. The average Bonchev–Trinajstić information content (AvgIpc) is 2.86. The first kappa shape index (κ1) is 23.0. The van der Waals surface area contributed by atoms with Gasteiger partial charge in [-0.15, -0.1) is 0 Å². The molecule has 0 saturated carbocycles. The zero-order valence-electron chi connectivity index (χ0n) is 18.4. The van der Waals surface area contributed by atoms with Gasteiger partial charge in [0.25, 0.3) is 11.8 Å². The van der Waals surface area contributed by atoms with E-state index in [0.717, 1.165) is 16.3 Å². The summed E-state index contributed by atoms with van der Waals surface area (Å²) < 4.78 is 5.58. The summed E-state index contributed by atoms with van der Waals surface area (Å²) in [6, 6.07) is 27.4. The zero-order chi connectivity index (χ0) is 23.9. The van der Waals surface area contributed by atoms with Crippen LogP contribution >= 0.6 is 11.6 Å². The number of nitrogens with zero attached hydrogens (tertiary/aromatic N) is 1. The molecule has 6 nitrogen and oxygen atoms in total. The van der Waals surface area contributed by atoms with Gasteiger partial charge in [-0.1, -0.05) is 54.1 Å². The lowest BCUT2D eigenvalue weighted by Crippen LogP contribution is -2.25. The van der Waals surface area contributed by atoms with Crippen LogP contribution in [0.2, 0.25) is 5.02 Å². The quantitative estimate of drug-likeness (QED) is 0.269. The van der Waals surface area contributed by atoms with Crippen LogP contribution in [-0.2, 0) is 4.79 Å². The van der Waals surface area contributed by atoms with Crippen molar-refractivity contribution in [2.75, 3.05) is 11.9 Å². The van der Waals surface area contributed by atoms with Crippen LogP contribution in [0.25, 0.3) is 10.8 Å². The Bertz CT molecular complexity index is 1350. The Morgan fingerprint density at radius 2 is 1.53 bits per heavy atom. The largest absolute Gasteiger partial charge is 0.484 e. The van der Waals surface area contributed by atoms with Crippen LogP contribution in [0, 0.1) is 0 Å². The highest BCUT2D eigenvalue weighted by molar-refractivity contribution is 6.30. The van der Waals surface area contributed by atoms with E-state index in [1.807, 2.05) is 54.6 Å². The van der Waals surface area contributed by atoms with Crippen molar-refractivity contribution in [1.82, 2.24) is 5.43 Å². The Hall–Kier alpha value is -4.16. The Kier molecular flexibility index (Phi) is 7.20. The molecule has 0 fully saturated rings. The molecule has 0 atom stereocenters. The number of carbonyl (C=O) groups excluding carboxylic acids is 2. The molecule has 7 heteroatoms. The summed E-state index contributed by atoms with van der Waals surface area (Å²) in [5, 5.41) is 9.69. The number of halogens is 1. The summed E-state index contributed by atoms with van der Waals surface area (Å²) in [6.07, 6.45) is 0. The highest BCUT2D eigenvalue weighted by Crippen LogP contribution is 2.20. The second-order valence-corrected chi connectivity index (χ2v) is 8.00. The van der Waals surface area contributed by atoms with Crippen LogP contribution in [0.4, 0.5) is 5.69 Å². The Balaban J connectivity index is 1.29. The fourth-order valence-corrected chi connectivity index (χ4v) is 3.37. The van der Waals surface area contributed by atoms with Gasteiger partial charge in [0.1, 0.15) is 5.75 Å². The van der Waals surface area contributed by atoms with Crippen molar-refractivity contribution in [3.05, 3.63) is 107 Å². The lowest BCUT2D eigenvalue weighted by atomic mass is 10.1. The lowest BCUT2D eigenvalue weighted by molar-refractivity contribution is -0.123. The van der Waals surface area contributed by atoms with Gasteiger partial charge < -0.3 is 10.1 Å². The lowest BCUT2D eigenvalue weighted by Gasteiger charge is -2.08. The summed E-state index contributed by atoms with van der Waals surface area (Å²) >= 11 is 5.86. The number of hydrazone groups is 1. The van der Waals surface area contributed by atoms with Crippen molar-refractivity contribution in [2.45, 2.75) is 6.92 Å². The van der Waals surface area contributed by atoms with Gasteiger partial charge in [0, 0.05) is 16.3 Å². The molecule has 0 heterocycles. The molecule has 4 aromatic rings. The monoisotopic (exact) mass is 471 g/mol. The fourth-order valence-electron chi connectivity index (χ4n) is 3.25. The molecule has 4 rings (SSSR count). The number of amides is 2. The molecule has 0 aromatic heterocycles. The van der Waals surface area contributed by atoms with Gasteiger partial charge in [0.15, 0.2) is 6.61 Å². The van der Waals surface area contributed by atoms with Crippen molar-refractivity contribution >= 4 is 45.6 Å². The third-order valence-corrected chi connectivity index (χ3v) is 5.36.